The Hall–Kier alpha value is -1.56. The fraction of sp³-hybridized carbons (Fsp3) is 0.684. The molecule has 1 aromatic heterocycles. The molecular weight excluding hydrogens is 332 g/mol. The highest BCUT2D eigenvalue weighted by Crippen LogP contribution is 2.26. The van der Waals surface area contributed by atoms with Crippen molar-refractivity contribution in [2.75, 3.05) is 20.1 Å². The Morgan fingerprint density at radius 2 is 2.08 bits per heavy atom. The van der Waals surface area contributed by atoms with Gasteiger partial charge in [-0.15, -0.1) is 11.3 Å². The van der Waals surface area contributed by atoms with Crippen molar-refractivity contribution in [1.82, 2.24) is 15.5 Å². The van der Waals surface area contributed by atoms with E-state index < -0.39 is 0 Å². The largest absolute Gasteiger partial charge is 0.352 e. The van der Waals surface area contributed by atoms with Gasteiger partial charge >= 0.3 is 0 Å². The quantitative estimate of drug-likeness (QED) is 0.640. The molecule has 1 unspecified atom stereocenters. The summed E-state index contributed by atoms with van der Waals surface area (Å²) in [7, 11) is 1.80. The number of hydrogen-bond donors (Lipinski definition) is 2. The summed E-state index contributed by atoms with van der Waals surface area (Å²) in [6.45, 7) is 4.58. The highest BCUT2D eigenvalue weighted by Gasteiger charge is 2.31. The molecule has 5 nitrogen and oxygen atoms in total. The van der Waals surface area contributed by atoms with Crippen molar-refractivity contribution in [2.24, 2.45) is 10.9 Å². The van der Waals surface area contributed by atoms with Crippen LogP contribution in [0, 0.1) is 12.8 Å². The first-order chi connectivity index (χ1) is 12.2. The van der Waals surface area contributed by atoms with Gasteiger partial charge in [-0.25, -0.2) is 0 Å². The molecule has 3 rings (SSSR count). The maximum atomic E-state index is 12.7. The number of amides is 1. The molecule has 0 spiro atoms. The number of carbonyl (C=O) groups excluding carboxylic acids is 1. The molecule has 0 radical (unpaired) electrons. The molecule has 138 valence electrons. The molecule has 1 atom stereocenters. The molecule has 1 aromatic rings. The van der Waals surface area contributed by atoms with Crippen molar-refractivity contribution >= 4 is 23.2 Å². The summed E-state index contributed by atoms with van der Waals surface area (Å²) in [6, 6.07) is 4.59. The second-order valence-corrected chi connectivity index (χ2v) is 8.56. The summed E-state index contributed by atoms with van der Waals surface area (Å²) in [4.78, 5) is 21.7. The normalized spacial score (nSPS) is 22.2. The second-order valence-electron chi connectivity index (χ2n) is 7.19. The van der Waals surface area contributed by atoms with E-state index in [1.54, 1.807) is 18.4 Å². The topological polar surface area (TPSA) is 56.7 Å². The number of thiophene rings is 1. The molecule has 1 aliphatic carbocycles. The van der Waals surface area contributed by atoms with Crippen LogP contribution in [0.25, 0.3) is 0 Å². The Kier molecular flexibility index (Phi) is 6.34. The molecule has 6 heteroatoms. The molecular formula is C19H30N4OS. The van der Waals surface area contributed by atoms with Gasteiger partial charge in [0.1, 0.15) is 0 Å². The first-order valence-electron chi connectivity index (χ1n) is 9.47. The second kappa shape index (κ2) is 8.70. The zero-order chi connectivity index (χ0) is 17.6. The standard InChI is InChI=1S/C19H30N4OS/c1-14-8-9-17(25-14)12-21-19(20-2)22-16-10-11-23(13-16)18(24)15-6-4-3-5-7-15/h8-9,15-16H,3-7,10-13H2,1-2H3,(H2,20,21,22). The Bertz CT molecular complexity index is 606. The predicted octanol–water partition coefficient (Wildman–Crippen LogP) is 2.90. The summed E-state index contributed by atoms with van der Waals surface area (Å²) >= 11 is 1.80. The van der Waals surface area contributed by atoms with Gasteiger partial charge < -0.3 is 15.5 Å². The van der Waals surface area contributed by atoms with E-state index >= 15 is 0 Å². The molecule has 0 bridgehead atoms. The van der Waals surface area contributed by atoms with Gasteiger partial charge in [0.2, 0.25) is 5.91 Å². The van der Waals surface area contributed by atoms with Gasteiger partial charge in [0.25, 0.3) is 0 Å². The minimum atomic E-state index is 0.270. The smallest absolute Gasteiger partial charge is 0.225 e. The number of rotatable bonds is 4. The van der Waals surface area contributed by atoms with E-state index in [0.29, 0.717) is 11.9 Å². The Balaban J connectivity index is 1.45. The van der Waals surface area contributed by atoms with Crippen molar-refractivity contribution in [1.29, 1.82) is 0 Å². The number of hydrogen-bond acceptors (Lipinski definition) is 3. The SMILES string of the molecule is CN=C(NCc1ccc(C)s1)NC1CCN(C(=O)C2CCCCC2)C1. The van der Waals surface area contributed by atoms with E-state index in [0.717, 1.165) is 44.9 Å². The average Bonchev–Trinajstić information content (AvgIpc) is 3.27. The summed E-state index contributed by atoms with van der Waals surface area (Å²) in [6.07, 6.45) is 6.88. The fourth-order valence-corrected chi connectivity index (χ4v) is 4.66. The maximum absolute atomic E-state index is 12.7. The van der Waals surface area contributed by atoms with E-state index in [1.807, 2.05) is 0 Å². The minimum Gasteiger partial charge on any atom is -0.352 e. The monoisotopic (exact) mass is 362 g/mol. The molecule has 1 amide bonds. The van der Waals surface area contributed by atoms with Crippen LogP contribution in [-0.2, 0) is 11.3 Å². The first-order valence-corrected chi connectivity index (χ1v) is 10.3. The van der Waals surface area contributed by atoms with Crippen LogP contribution in [0.5, 0.6) is 0 Å². The van der Waals surface area contributed by atoms with Crippen LogP contribution in [0.15, 0.2) is 17.1 Å². The van der Waals surface area contributed by atoms with Crippen molar-refractivity contribution in [3.8, 4) is 0 Å². The van der Waals surface area contributed by atoms with Crippen LogP contribution in [-0.4, -0.2) is 42.9 Å². The Labute approximate surface area is 154 Å². The van der Waals surface area contributed by atoms with E-state index in [-0.39, 0.29) is 5.92 Å². The van der Waals surface area contributed by atoms with Crippen LogP contribution in [0.3, 0.4) is 0 Å². The Morgan fingerprint density at radius 3 is 2.76 bits per heavy atom. The molecule has 2 N–H and O–H groups in total. The van der Waals surface area contributed by atoms with Crippen LogP contribution < -0.4 is 10.6 Å². The zero-order valence-electron chi connectivity index (χ0n) is 15.4. The number of nitrogens with one attached hydrogen (secondary N) is 2. The number of likely N-dealkylation sites (tertiary alicyclic amines) is 1. The van der Waals surface area contributed by atoms with Crippen LogP contribution in [0.1, 0.15) is 48.3 Å². The van der Waals surface area contributed by atoms with E-state index in [9.17, 15) is 4.79 Å². The van der Waals surface area contributed by atoms with Gasteiger partial charge in [-0.2, -0.15) is 0 Å². The summed E-state index contributed by atoms with van der Waals surface area (Å²) in [5, 5.41) is 6.86. The highest BCUT2D eigenvalue weighted by atomic mass is 32.1. The zero-order valence-corrected chi connectivity index (χ0v) is 16.2. The molecule has 2 aliphatic rings. The number of aliphatic imine (C=N–C) groups is 1. The van der Waals surface area contributed by atoms with Gasteiger partial charge in [-0.05, 0) is 38.3 Å². The number of nitrogens with zero attached hydrogens (tertiary/aromatic N) is 2. The lowest BCUT2D eigenvalue weighted by molar-refractivity contribution is -0.135. The summed E-state index contributed by atoms with van der Waals surface area (Å²) in [5.74, 6) is 1.47. The molecule has 1 saturated carbocycles. The van der Waals surface area contributed by atoms with Crippen molar-refractivity contribution in [3.63, 3.8) is 0 Å². The van der Waals surface area contributed by atoms with Crippen LogP contribution in [0.4, 0.5) is 0 Å². The van der Waals surface area contributed by atoms with E-state index in [2.05, 4.69) is 39.6 Å². The number of carbonyl (C=O) groups is 1. The van der Waals surface area contributed by atoms with Crippen molar-refractivity contribution in [3.05, 3.63) is 21.9 Å². The third kappa shape index (κ3) is 4.97. The molecule has 0 aromatic carbocycles. The Morgan fingerprint density at radius 1 is 1.28 bits per heavy atom. The molecule has 2 fully saturated rings. The van der Waals surface area contributed by atoms with Gasteiger partial charge in [0.15, 0.2) is 5.96 Å². The van der Waals surface area contributed by atoms with E-state index in [4.69, 9.17) is 0 Å². The lowest BCUT2D eigenvalue weighted by Crippen LogP contribution is -2.45. The fourth-order valence-electron chi connectivity index (χ4n) is 3.82. The first kappa shape index (κ1) is 18.2. The predicted molar refractivity (Wildman–Crippen MR) is 104 cm³/mol. The van der Waals surface area contributed by atoms with Crippen molar-refractivity contribution in [2.45, 2.75) is 58.0 Å². The van der Waals surface area contributed by atoms with Gasteiger partial charge in [-0.1, -0.05) is 19.3 Å². The van der Waals surface area contributed by atoms with E-state index in [1.165, 1.54) is 29.0 Å². The third-order valence-corrected chi connectivity index (χ3v) is 6.25. The van der Waals surface area contributed by atoms with Gasteiger partial charge in [0.05, 0.1) is 6.54 Å². The summed E-state index contributed by atoms with van der Waals surface area (Å²) < 4.78 is 0. The lowest BCUT2D eigenvalue weighted by atomic mass is 9.88. The lowest BCUT2D eigenvalue weighted by Gasteiger charge is -2.26. The number of aryl methyl sites for hydroxylation is 1. The molecule has 1 aliphatic heterocycles. The third-order valence-electron chi connectivity index (χ3n) is 5.24. The summed E-state index contributed by atoms with van der Waals surface area (Å²) in [5.41, 5.74) is 0. The van der Waals surface area contributed by atoms with Crippen LogP contribution >= 0.6 is 11.3 Å². The molecule has 25 heavy (non-hydrogen) atoms. The van der Waals surface area contributed by atoms with Gasteiger partial charge in [-0.3, -0.25) is 9.79 Å². The maximum Gasteiger partial charge on any atom is 0.225 e. The van der Waals surface area contributed by atoms with Crippen LogP contribution in [0.2, 0.25) is 0 Å². The molecule has 1 saturated heterocycles. The van der Waals surface area contributed by atoms with Crippen molar-refractivity contribution < 1.29 is 4.79 Å². The molecule has 2 heterocycles. The average molecular weight is 363 g/mol. The minimum absolute atomic E-state index is 0.270. The van der Waals surface area contributed by atoms with Gasteiger partial charge in [0, 0.05) is 41.9 Å². The number of guanidine groups is 1. The highest BCUT2D eigenvalue weighted by molar-refractivity contribution is 7.11.